The molecule has 21 heavy (non-hydrogen) atoms. The number of hydrogen-bond acceptors (Lipinski definition) is 5. The van der Waals surface area contributed by atoms with Gasteiger partial charge in [-0.1, -0.05) is 0 Å². The van der Waals surface area contributed by atoms with Gasteiger partial charge in [-0.15, -0.1) is 11.3 Å². The maximum Gasteiger partial charge on any atom is 0.290 e. The number of aromatic nitrogens is 5. The predicted molar refractivity (Wildman–Crippen MR) is 79.2 cm³/mol. The van der Waals surface area contributed by atoms with Crippen LogP contribution in [0.5, 0.6) is 0 Å². The van der Waals surface area contributed by atoms with E-state index in [4.69, 9.17) is 9.90 Å². The lowest BCUT2D eigenvalue weighted by atomic mass is 10.2. The van der Waals surface area contributed by atoms with Crippen LogP contribution in [-0.4, -0.2) is 36.1 Å². The molecule has 3 heterocycles. The molecule has 0 saturated carbocycles. The number of hydrogen-bond donors (Lipinski definition) is 2. The highest BCUT2D eigenvalue weighted by molar-refractivity contribution is 7.09. The molecule has 3 aromatic heterocycles. The van der Waals surface area contributed by atoms with Crippen LogP contribution in [0.4, 0.5) is 0 Å². The van der Waals surface area contributed by atoms with E-state index in [2.05, 4.69) is 38.4 Å². The highest BCUT2D eigenvalue weighted by atomic mass is 32.1. The van der Waals surface area contributed by atoms with Crippen LogP contribution in [0.2, 0.25) is 0 Å². The zero-order valence-corrected chi connectivity index (χ0v) is 12.4. The second-order valence-electron chi connectivity index (χ2n) is 4.20. The van der Waals surface area contributed by atoms with E-state index in [1.165, 1.54) is 4.88 Å². The summed E-state index contributed by atoms with van der Waals surface area (Å²) < 4.78 is 2.11. The van der Waals surface area contributed by atoms with Crippen molar-refractivity contribution in [2.45, 2.75) is 19.9 Å². The summed E-state index contributed by atoms with van der Waals surface area (Å²) in [5, 5.41) is 6.89. The van der Waals surface area contributed by atoms with Crippen molar-refractivity contribution in [1.29, 1.82) is 0 Å². The molecule has 3 aromatic rings. The summed E-state index contributed by atoms with van der Waals surface area (Å²) >= 11 is 1.67. The molecule has 0 spiro atoms. The summed E-state index contributed by atoms with van der Waals surface area (Å²) in [6, 6.07) is 0.164. The van der Waals surface area contributed by atoms with Gasteiger partial charge in [0.25, 0.3) is 6.47 Å². The number of rotatable bonds is 3. The van der Waals surface area contributed by atoms with Crippen LogP contribution < -0.4 is 0 Å². The number of carbonyl (C=O) groups is 1. The third kappa shape index (κ3) is 3.16. The molecule has 0 aromatic carbocycles. The number of imidazole rings is 2. The molecule has 110 valence electrons. The molecule has 2 N–H and O–H groups in total. The Kier molecular flexibility index (Phi) is 4.83. The Balaban J connectivity index is 0.000000497. The van der Waals surface area contributed by atoms with E-state index in [0.717, 1.165) is 17.2 Å². The Labute approximate surface area is 125 Å². The van der Waals surface area contributed by atoms with Gasteiger partial charge in [0.15, 0.2) is 5.82 Å². The largest absolute Gasteiger partial charge is 0.483 e. The van der Waals surface area contributed by atoms with E-state index in [9.17, 15) is 0 Å². The van der Waals surface area contributed by atoms with Crippen LogP contribution >= 0.6 is 11.3 Å². The summed E-state index contributed by atoms with van der Waals surface area (Å²) in [5.41, 5.74) is 3.90. The third-order valence-corrected chi connectivity index (χ3v) is 3.78. The molecule has 0 amide bonds. The van der Waals surface area contributed by atoms with Gasteiger partial charge in [0, 0.05) is 17.3 Å². The van der Waals surface area contributed by atoms with Crippen molar-refractivity contribution in [2.75, 3.05) is 0 Å². The second-order valence-corrected chi connectivity index (χ2v) is 5.26. The number of nitrogens with zero attached hydrogens (tertiary/aromatic N) is 4. The molecule has 8 heteroatoms. The Morgan fingerprint density at radius 2 is 2.24 bits per heavy atom. The molecule has 7 nitrogen and oxygen atoms in total. The normalized spacial score (nSPS) is 11.5. The lowest BCUT2D eigenvalue weighted by Gasteiger charge is -2.14. The third-order valence-electron chi connectivity index (χ3n) is 3.00. The maximum absolute atomic E-state index is 8.36. The molecule has 0 radical (unpaired) electrons. The molecule has 0 bridgehead atoms. The molecule has 0 aliphatic heterocycles. The van der Waals surface area contributed by atoms with Gasteiger partial charge in [0.1, 0.15) is 5.69 Å². The fourth-order valence-corrected chi connectivity index (χ4v) is 2.73. The van der Waals surface area contributed by atoms with Gasteiger partial charge < -0.3 is 14.7 Å². The summed E-state index contributed by atoms with van der Waals surface area (Å²) in [7, 11) is 0. The standard InChI is InChI=1S/C12H13N5S.CH2O2/c1-8(11-9(2)18-7-16-11)17-4-3-14-12(17)10-5-13-6-15-10;2-1-3/h3-8H,1-2H3,(H,13,15);1H,(H,2,3). The van der Waals surface area contributed by atoms with Crippen LogP contribution in [0.3, 0.4) is 0 Å². The van der Waals surface area contributed by atoms with Crippen LogP contribution in [0.15, 0.2) is 30.4 Å². The van der Waals surface area contributed by atoms with E-state index < -0.39 is 0 Å². The molecule has 3 rings (SSSR count). The van der Waals surface area contributed by atoms with Gasteiger partial charge in [-0.2, -0.15) is 0 Å². The average molecular weight is 305 g/mol. The van der Waals surface area contributed by atoms with Crippen molar-refractivity contribution in [3.05, 3.63) is 41.0 Å². The van der Waals surface area contributed by atoms with Gasteiger partial charge >= 0.3 is 0 Å². The number of aryl methyl sites for hydroxylation is 1. The average Bonchev–Trinajstić information content (AvgIpc) is 3.20. The Morgan fingerprint density at radius 3 is 2.81 bits per heavy atom. The lowest BCUT2D eigenvalue weighted by Crippen LogP contribution is -2.09. The molecule has 1 unspecified atom stereocenters. The minimum atomic E-state index is -0.250. The fourth-order valence-electron chi connectivity index (χ4n) is 2.06. The van der Waals surface area contributed by atoms with Crippen LogP contribution in [0.25, 0.3) is 11.5 Å². The molecule has 1 atom stereocenters. The molecule has 0 aliphatic rings. The van der Waals surface area contributed by atoms with Crippen LogP contribution in [-0.2, 0) is 4.79 Å². The minimum absolute atomic E-state index is 0.164. The zero-order valence-electron chi connectivity index (χ0n) is 11.6. The van der Waals surface area contributed by atoms with Crippen molar-refractivity contribution in [2.24, 2.45) is 0 Å². The van der Waals surface area contributed by atoms with Crippen molar-refractivity contribution in [3.63, 3.8) is 0 Å². The van der Waals surface area contributed by atoms with E-state index in [1.807, 2.05) is 11.7 Å². The molecule has 0 aliphatic carbocycles. The van der Waals surface area contributed by atoms with Gasteiger partial charge in [0.05, 0.1) is 29.8 Å². The fraction of sp³-hybridized carbons (Fsp3) is 0.231. The molecular weight excluding hydrogens is 290 g/mol. The van der Waals surface area contributed by atoms with E-state index >= 15 is 0 Å². The van der Waals surface area contributed by atoms with E-state index in [0.29, 0.717) is 0 Å². The Bertz CT molecular complexity index is 689. The number of thiazole rings is 1. The first-order valence-electron chi connectivity index (χ1n) is 6.18. The monoisotopic (exact) mass is 305 g/mol. The second kappa shape index (κ2) is 6.80. The minimum Gasteiger partial charge on any atom is -0.483 e. The summed E-state index contributed by atoms with van der Waals surface area (Å²) in [5.74, 6) is 0.882. The topological polar surface area (TPSA) is 96.7 Å². The van der Waals surface area contributed by atoms with Gasteiger partial charge in [-0.3, -0.25) is 4.79 Å². The SMILES string of the molecule is Cc1scnc1C(C)n1ccnc1-c1cnc[nH]1.O=CO. The summed E-state index contributed by atoms with van der Waals surface area (Å²) in [4.78, 5) is 25.5. The zero-order chi connectivity index (χ0) is 15.2. The molecule has 0 saturated heterocycles. The van der Waals surface area contributed by atoms with Crippen molar-refractivity contribution < 1.29 is 9.90 Å². The quantitative estimate of drug-likeness (QED) is 0.724. The highest BCUT2D eigenvalue weighted by Crippen LogP contribution is 2.26. The van der Waals surface area contributed by atoms with Gasteiger partial charge in [0.2, 0.25) is 0 Å². The number of H-pyrrole nitrogens is 1. The smallest absolute Gasteiger partial charge is 0.290 e. The molecule has 0 fully saturated rings. The first-order valence-corrected chi connectivity index (χ1v) is 7.06. The number of carboxylic acid groups (broad SMARTS) is 1. The van der Waals surface area contributed by atoms with Crippen molar-refractivity contribution in [3.8, 4) is 11.5 Å². The van der Waals surface area contributed by atoms with Crippen LogP contribution in [0.1, 0.15) is 23.5 Å². The summed E-state index contributed by atoms with van der Waals surface area (Å²) in [6.07, 6.45) is 7.21. The Hall–Kier alpha value is -2.48. The van der Waals surface area contributed by atoms with Crippen molar-refractivity contribution >= 4 is 17.8 Å². The molecular formula is C13H15N5O2S. The van der Waals surface area contributed by atoms with Crippen molar-refractivity contribution in [1.82, 2.24) is 24.5 Å². The Morgan fingerprint density at radius 1 is 1.48 bits per heavy atom. The highest BCUT2D eigenvalue weighted by Gasteiger charge is 2.17. The number of nitrogens with one attached hydrogen (secondary N) is 1. The van der Waals surface area contributed by atoms with Gasteiger partial charge in [-0.05, 0) is 13.8 Å². The first-order chi connectivity index (χ1) is 10.2. The first kappa shape index (κ1) is 14.9. The number of aromatic amines is 1. The summed E-state index contributed by atoms with van der Waals surface area (Å²) in [6.45, 7) is 3.97. The van der Waals surface area contributed by atoms with E-state index in [-0.39, 0.29) is 12.5 Å². The van der Waals surface area contributed by atoms with Gasteiger partial charge in [-0.25, -0.2) is 15.0 Å². The van der Waals surface area contributed by atoms with E-state index in [1.54, 1.807) is 30.1 Å². The maximum atomic E-state index is 8.36. The lowest BCUT2D eigenvalue weighted by molar-refractivity contribution is -0.122. The predicted octanol–water partition coefficient (Wildman–Crippen LogP) is 2.35. The van der Waals surface area contributed by atoms with Crippen LogP contribution in [0, 0.1) is 6.92 Å².